The number of likely N-dealkylation sites (tertiary alicyclic amines) is 1. The van der Waals surface area contributed by atoms with Gasteiger partial charge in [0.05, 0.1) is 11.4 Å². The summed E-state index contributed by atoms with van der Waals surface area (Å²) in [6.45, 7) is 4.53. The minimum absolute atomic E-state index is 0.118. The maximum Gasteiger partial charge on any atom is 0.246 e. The summed E-state index contributed by atoms with van der Waals surface area (Å²) in [4.78, 5) is 28.5. The molecule has 2 aromatic rings. The van der Waals surface area contributed by atoms with E-state index in [0.29, 0.717) is 12.0 Å². The van der Waals surface area contributed by atoms with E-state index in [0.717, 1.165) is 42.9 Å². The van der Waals surface area contributed by atoms with Crippen LogP contribution in [0.1, 0.15) is 19.8 Å². The van der Waals surface area contributed by atoms with Gasteiger partial charge in [-0.3, -0.25) is 4.79 Å². The number of nitrogens with zero attached hydrogens (tertiary/aromatic N) is 4. The van der Waals surface area contributed by atoms with Crippen LogP contribution in [-0.2, 0) is 4.79 Å². The number of piperidine rings is 1. The van der Waals surface area contributed by atoms with Crippen LogP contribution < -0.4 is 4.90 Å². The molecule has 2 atom stereocenters. The number of amides is 1. The second kappa shape index (κ2) is 5.68. The Kier molecular flexibility index (Phi) is 3.52. The van der Waals surface area contributed by atoms with E-state index in [1.54, 1.807) is 12.4 Å². The monoisotopic (exact) mass is 311 g/mol. The van der Waals surface area contributed by atoms with Gasteiger partial charge in [-0.05, 0) is 37.8 Å². The van der Waals surface area contributed by atoms with Gasteiger partial charge in [-0.25, -0.2) is 9.97 Å². The average molecular weight is 311 g/mol. The third-order valence-corrected chi connectivity index (χ3v) is 5.09. The summed E-state index contributed by atoms with van der Waals surface area (Å²) >= 11 is 0. The highest BCUT2D eigenvalue weighted by atomic mass is 16.2. The van der Waals surface area contributed by atoms with Crippen molar-refractivity contribution in [1.82, 2.24) is 19.9 Å². The van der Waals surface area contributed by atoms with Crippen LogP contribution >= 0.6 is 0 Å². The number of fused-ring (bicyclic) bond motifs is 2. The van der Waals surface area contributed by atoms with Crippen LogP contribution in [0.5, 0.6) is 0 Å². The summed E-state index contributed by atoms with van der Waals surface area (Å²) in [5.41, 5.74) is 0.871. The summed E-state index contributed by atoms with van der Waals surface area (Å²) in [6, 6.07) is 2.38. The van der Waals surface area contributed by atoms with E-state index in [9.17, 15) is 4.79 Å². The molecule has 2 saturated heterocycles. The minimum Gasteiger partial charge on any atom is -0.351 e. The summed E-state index contributed by atoms with van der Waals surface area (Å²) in [5, 5.41) is 1.06. The molecule has 0 radical (unpaired) electrons. The van der Waals surface area contributed by atoms with E-state index in [-0.39, 0.29) is 5.91 Å². The van der Waals surface area contributed by atoms with Gasteiger partial charge in [-0.2, -0.15) is 0 Å². The van der Waals surface area contributed by atoms with E-state index >= 15 is 0 Å². The molecule has 2 aliphatic heterocycles. The van der Waals surface area contributed by atoms with Gasteiger partial charge < -0.3 is 14.8 Å². The molecule has 0 saturated carbocycles. The molecule has 2 aromatic heterocycles. The topological polar surface area (TPSA) is 65.1 Å². The Balaban J connectivity index is 1.63. The number of carbonyl (C=O) groups excluding carboxylic acids is 1. The molecular formula is C17H21N5O. The Hall–Kier alpha value is -2.37. The van der Waals surface area contributed by atoms with E-state index < -0.39 is 0 Å². The molecule has 2 fully saturated rings. The quantitative estimate of drug-likeness (QED) is 0.861. The zero-order valence-electron chi connectivity index (χ0n) is 13.3. The first-order valence-electron chi connectivity index (χ1n) is 8.24. The predicted molar refractivity (Wildman–Crippen MR) is 89.1 cm³/mol. The number of H-pyrrole nitrogens is 1. The number of hydrogen-bond acceptors (Lipinski definition) is 4. The second-order valence-corrected chi connectivity index (χ2v) is 6.32. The maximum atomic E-state index is 12.2. The van der Waals surface area contributed by atoms with Gasteiger partial charge >= 0.3 is 0 Å². The molecule has 1 amide bonds. The lowest BCUT2D eigenvalue weighted by molar-refractivity contribution is -0.127. The van der Waals surface area contributed by atoms with Crippen molar-refractivity contribution in [3.8, 4) is 0 Å². The van der Waals surface area contributed by atoms with Crippen molar-refractivity contribution in [3.63, 3.8) is 0 Å². The van der Waals surface area contributed by atoms with Gasteiger partial charge in [0.2, 0.25) is 5.91 Å². The van der Waals surface area contributed by atoms with Gasteiger partial charge in [0.25, 0.3) is 0 Å². The summed E-state index contributed by atoms with van der Waals surface area (Å²) in [5.74, 6) is 1.75. The zero-order valence-corrected chi connectivity index (χ0v) is 13.3. The van der Waals surface area contributed by atoms with Crippen LogP contribution in [0.15, 0.2) is 30.7 Å². The van der Waals surface area contributed by atoms with Gasteiger partial charge in [0, 0.05) is 25.8 Å². The van der Waals surface area contributed by atoms with Gasteiger partial charge in [0.1, 0.15) is 17.8 Å². The lowest BCUT2D eigenvalue weighted by Crippen LogP contribution is -2.50. The number of nitrogens with one attached hydrogen (secondary N) is 1. The fourth-order valence-corrected chi connectivity index (χ4v) is 3.94. The van der Waals surface area contributed by atoms with Crippen molar-refractivity contribution < 1.29 is 4.79 Å². The molecule has 23 heavy (non-hydrogen) atoms. The standard InChI is InChI=1S/C17H21N5O/c1-2-3-15(23)21-8-5-12-6-9-22(14(12)10-21)17-13-4-7-18-16(13)19-11-20-17/h2-4,7,11-12,14H,5-6,8-10H2,1H3,(H,18,19,20)/b3-2+/t12-,14-/m1/s1. The number of hydrogen-bond donors (Lipinski definition) is 1. The molecule has 4 rings (SSSR count). The average Bonchev–Trinajstić information content (AvgIpc) is 3.20. The fourth-order valence-electron chi connectivity index (χ4n) is 3.94. The first kappa shape index (κ1) is 14.2. The molecule has 0 spiro atoms. The van der Waals surface area contributed by atoms with E-state index in [1.807, 2.05) is 30.2 Å². The first-order chi connectivity index (χ1) is 11.3. The Morgan fingerprint density at radius 3 is 3.09 bits per heavy atom. The van der Waals surface area contributed by atoms with Crippen molar-refractivity contribution in [2.45, 2.75) is 25.8 Å². The van der Waals surface area contributed by atoms with Crippen LogP contribution in [0.2, 0.25) is 0 Å². The molecule has 0 unspecified atom stereocenters. The number of rotatable bonds is 2. The van der Waals surface area contributed by atoms with Gasteiger partial charge in [-0.1, -0.05) is 6.08 Å². The highest BCUT2D eigenvalue weighted by Crippen LogP contribution is 2.36. The Morgan fingerprint density at radius 2 is 2.22 bits per heavy atom. The molecule has 6 heteroatoms. The molecule has 1 N–H and O–H groups in total. The summed E-state index contributed by atoms with van der Waals surface area (Å²) in [7, 11) is 0. The number of aromatic nitrogens is 3. The largest absolute Gasteiger partial charge is 0.351 e. The number of carbonyl (C=O) groups is 1. The van der Waals surface area contributed by atoms with Crippen molar-refractivity contribution in [1.29, 1.82) is 0 Å². The molecule has 0 aromatic carbocycles. The summed E-state index contributed by atoms with van der Waals surface area (Å²) < 4.78 is 0. The lowest BCUT2D eigenvalue weighted by atomic mass is 9.92. The predicted octanol–water partition coefficient (Wildman–Crippen LogP) is 1.96. The fraction of sp³-hybridized carbons (Fsp3) is 0.471. The lowest BCUT2D eigenvalue weighted by Gasteiger charge is -2.38. The Labute approximate surface area is 135 Å². The molecule has 0 bridgehead atoms. The second-order valence-electron chi connectivity index (χ2n) is 6.32. The molecule has 0 aliphatic carbocycles. The van der Waals surface area contributed by atoms with Crippen LogP contribution in [0, 0.1) is 5.92 Å². The summed E-state index contributed by atoms with van der Waals surface area (Å²) in [6.07, 6.45) is 9.24. The Morgan fingerprint density at radius 1 is 1.35 bits per heavy atom. The number of anilines is 1. The SMILES string of the molecule is C/C=C/C(=O)N1CC[C@@H]2CCN(c3ncnc4[nH]ccc34)[C@@H]2C1. The molecule has 4 heterocycles. The third kappa shape index (κ3) is 2.38. The Bertz CT molecular complexity index is 752. The smallest absolute Gasteiger partial charge is 0.246 e. The van der Waals surface area contributed by atoms with Crippen LogP contribution in [-0.4, -0.2) is 51.4 Å². The van der Waals surface area contributed by atoms with E-state index in [4.69, 9.17) is 0 Å². The first-order valence-corrected chi connectivity index (χ1v) is 8.24. The third-order valence-electron chi connectivity index (χ3n) is 5.09. The normalized spacial score (nSPS) is 24.6. The van der Waals surface area contributed by atoms with Crippen molar-refractivity contribution >= 4 is 22.8 Å². The minimum atomic E-state index is 0.118. The van der Waals surface area contributed by atoms with Crippen molar-refractivity contribution in [2.75, 3.05) is 24.5 Å². The highest BCUT2D eigenvalue weighted by molar-refractivity contribution is 5.88. The van der Waals surface area contributed by atoms with Crippen molar-refractivity contribution in [2.24, 2.45) is 5.92 Å². The van der Waals surface area contributed by atoms with Crippen LogP contribution in [0.25, 0.3) is 11.0 Å². The maximum absolute atomic E-state index is 12.2. The number of allylic oxidation sites excluding steroid dienone is 1. The van der Waals surface area contributed by atoms with Crippen molar-refractivity contribution in [3.05, 3.63) is 30.7 Å². The van der Waals surface area contributed by atoms with E-state index in [2.05, 4.69) is 19.9 Å². The molecule has 6 nitrogen and oxygen atoms in total. The number of aromatic amines is 1. The molecule has 120 valence electrons. The van der Waals surface area contributed by atoms with Gasteiger partial charge in [0.15, 0.2) is 0 Å². The van der Waals surface area contributed by atoms with Crippen LogP contribution in [0.4, 0.5) is 5.82 Å². The van der Waals surface area contributed by atoms with Gasteiger partial charge in [-0.15, -0.1) is 0 Å². The zero-order chi connectivity index (χ0) is 15.8. The highest BCUT2D eigenvalue weighted by Gasteiger charge is 2.40. The molecule has 2 aliphatic rings. The van der Waals surface area contributed by atoms with Crippen LogP contribution in [0.3, 0.4) is 0 Å². The molecular weight excluding hydrogens is 290 g/mol. The van der Waals surface area contributed by atoms with E-state index in [1.165, 1.54) is 6.42 Å².